The molecule has 1 aromatic rings. The summed E-state index contributed by atoms with van der Waals surface area (Å²) in [5.41, 5.74) is 0. The van der Waals surface area contributed by atoms with Crippen LogP contribution in [0.2, 0.25) is 0 Å². The molecule has 6 heteroatoms. The highest BCUT2D eigenvalue weighted by Crippen LogP contribution is 2.26. The number of hydrogen-bond donors (Lipinski definition) is 1. The molecule has 1 aliphatic heterocycles. The summed E-state index contributed by atoms with van der Waals surface area (Å²) < 4.78 is 16.3. The number of aliphatic hydroxyl groups is 1. The van der Waals surface area contributed by atoms with E-state index >= 15 is 0 Å². The summed E-state index contributed by atoms with van der Waals surface area (Å²) in [4.78, 5) is 13.8. The van der Waals surface area contributed by atoms with Gasteiger partial charge in [-0.05, 0) is 19.1 Å². The van der Waals surface area contributed by atoms with Crippen LogP contribution in [0.15, 0.2) is 24.3 Å². The van der Waals surface area contributed by atoms with E-state index in [9.17, 15) is 9.90 Å². The Hall–Kier alpha value is -1.79. The van der Waals surface area contributed by atoms with Gasteiger partial charge in [0.05, 0.1) is 32.5 Å². The molecule has 0 saturated carbocycles. The van der Waals surface area contributed by atoms with Gasteiger partial charge in [0.25, 0.3) is 5.91 Å². The van der Waals surface area contributed by atoms with Gasteiger partial charge in [-0.25, -0.2) is 0 Å². The molecule has 21 heavy (non-hydrogen) atoms. The maximum atomic E-state index is 12.2. The number of benzene rings is 1. The van der Waals surface area contributed by atoms with Crippen LogP contribution in [0.3, 0.4) is 0 Å². The quantitative estimate of drug-likeness (QED) is 0.836. The lowest BCUT2D eigenvalue weighted by Gasteiger charge is -2.34. The number of para-hydroxylation sites is 2. The van der Waals surface area contributed by atoms with Gasteiger partial charge in [-0.15, -0.1) is 0 Å². The predicted molar refractivity (Wildman–Crippen MR) is 76.5 cm³/mol. The van der Waals surface area contributed by atoms with Crippen molar-refractivity contribution < 1.29 is 24.1 Å². The first kappa shape index (κ1) is 15.6. The lowest BCUT2D eigenvalue weighted by atomic mass is 10.2. The number of carbonyl (C=O) groups excluding carboxylic acids is 1. The SMILES string of the molecule is CCOc1ccccc1OCC(=O)N1CCOCC1CO. The van der Waals surface area contributed by atoms with Crippen LogP contribution in [0.4, 0.5) is 0 Å². The normalized spacial score (nSPS) is 18.4. The Balaban J connectivity index is 1.94. The van der Waals surface area contributed by atoms with E-state index in [0.717, 1.165) is 0 Å². The Morgan fingerprint density at radius 1 is 1.38 bits per heavy atom. The van der Waals surface area contributed by atoms with Crippen LogP contribution in [0.5, 0.6) is 11.5 Å². The minimum atomic E-state index is -0.294. The first-order valence-corrected chi connectivity index (χ1v) is 7.09. The second kappa shape index (κ2) is 7.85. The average molecular weight is 295 g/mol. The summed E-state index contributed by atoms with van der Waals surface area (Å²) in [6, 6.07) is 6.95. The summed E-state index contributed by atoms with van der Waals surface area (Å²) in [6.07, 6.45) is 0. The maximum absolute atomic E-state index is 12.2. The molecular formula is C15H21NO5. The lowest BCUT2D eigenvalue weighted by Crippen LogP contribution is -2.51. The number of aliphatic hydroxyl groups excluding tert-OH is 1. The molecule has 1 aliphatic rings. The molecule has 0 aromatic heterocycles. The first-order valence-electron chi connectivity index (χ1n) is 7.09. The van der Waals surface area contributed by atoms with Gasteiger partial charge < -0.3 is 24.2 Å². The number of ether oxygens (including phenoxy) is 3. The second-order valence-electron chi connectivity index (χ2n) is 4.67. The van der Waals surface area contributed by atoms with Gasteiger partial charge in [-0.1, -0.05) is 12.1 Å². The van der Waals surface area contributed by atoms with E-state index in [4.69, 9.17) is 14.2 Å². The number of hydrogen-bond acceptors (Lipinski definition) is 5. The van der Waals surface area contributed by atoms with Crippen molar-refractivity contribution in [2.75, 3.05) is 39.6 Å². The van der Waals surface area contributed by atoms with Crippen LogP contribution in [-0.4, -0.2) is 61.5 Å². The summed E-state index contributed by atoms with van der Waals surface area (Å²) in [6.45, 7) is 3.55. The summed E-state index contributed by atoms with van der Waals surface area (Å²) in [7, 11) is 0. The Bertz CT molecular complexity index is 465. The fraction of sp³-hybridized carbons (Fsp3) is 0.533. The van der Waals surface area contributed by atoms with E-state index in [1.165, 1.54) is 0 Å². The molecule has 0 spiro atoms. The van der Waals surface area contributed by atoms with Crippen molar-refractivity contribution in [1.29, 1.82) is 0 Å². The molecule has 1 N–H and O–H groups in total. The van der Waals surface area contributed by atoms with Gasteiger partial charge in [-0.3, -0.25) is 4.79 Å². The van der Waals surface area contributed by atoms with Gasteiger partial charge in [-0.2, -0.15) is 0 Å². The number of rotatable bonds is 6. The van der Waals surface area contributed by atoms with Crippen molar-refractivity contribution in [3.63, 3.8) is 0 Å². The number of morpholine rings is 1. The fourth-order valence-corrected chi connectivity index (χ4v) is 2.20. The van der Waals surface area contributed by atoms with Crippen molar-refractivity contribution in [2.24, 2.45) is 0 Å². The summed E-state index contributed by atoms with van der Waals surface area (Å²) in [5, 5.41) is 9.27. The van der Waals surface area contributed by atoms with Crippen LogP contribution in [0, 0.1) is 0 Å². The van der Waals surface area contributed by atoms with Gasteiger partial charge in [0.15, 0.2) is 18.1 Å². The molecule has 1 fully saturated rings. The highest BCUT2D eigenvalue weighted by molar-refractivity contribution is 5.78. The Kier molecular flexibility index (Phi) is 5.83. The van der Waals surface area contributed by atoms with Crippen LogP contribution < -0.4 is 9.47 Å². The molecule has 2 rings (SSSR count). The fourth-order valence-electron chi connectivity index (χ4n) is 2.20. The molecule has 0 bridgehead atoms. The second-order valence-corrected chi connectivity index (χ2v) is 4.67. The molecular weight excluding hydrogens is 274 g/mol. The van der Waals surface area contributed by atoms with Crippen molar-refractivity contribution in [2.45, 2.75) is 13.0 Å². The van der Waals surface area contributed by atoms with Gasteiger partial charge >= 0.3 is 0 Å². The molecule has 6 nitrogen and oxygen atoms in total. The highest BCUT2D eigenvalue weighted by Gasteiger charge is 2.27. The zero-order chi connectivity index (χ0) is 15.1. The number of nitrogens with zero attached hydrogens (tertiary/aromatic N) is 1. The van der Waals surface area contributed by atoms with Gasteiger partial charge in [0, 0.05) is 6.54 Å². The third-order valence-corrected chi connectivity index (χ3v) is 3.26. The molecule has 0 aliphatic carbocycles. The van der Waals surface area contributed by atoms with Crippen molar-refractivity contribution >= 4 is 5.91 Å². The highest BCUT2D eigenvalue weighted by atomic mass is 16.5. The molecule has 1 amide bonds. The zero-order valence-electron chi connectivity index (χ0n) is 12.2. The number of carbonyl (C=O) groups is 1. The van der Waals surface area contributed by atoms with E-state index in [1.807, 2.05) is 19.1 Å². The Morgan fingerprint density at radius 2 is 2.10 bits per heavy atom. The molecule has 1 heterocycles. The molecule has 0 radical (unpaired) electrons. The summed E-state index contributed by atoms with van der Waals surface area (Å²) in [5.74, 6) is 0.999. The standard InChI is InChI=1S/C15H21NO5/c1-2-20-13-5-3-4-6-14(13)21-11-15(18)16-7-8-19-10-12(16)9-17/h3-6,12,17H,2,7-11H2,1H3. The van der Waals surface area contributed by atoms with E-state index in [0.29, 0.717) is 37.9 Å². The minimum absolute atomic E-state index is 0.0828. The van der Waals surface area contributed by atoms with Crippen LogP contribution in [0.1, 0.15) is 6.92 Å². The van der Waals surface area contributed by atoms with Crippen molar-refractivity contribution in [3.8, 4) is 11.5 Å². The minimum Gasteiger partial charge on any atom is -0.490 e. The Morgan fingerprint density at radius 3 is 2.76 bits per heavy atom. The first-order chi connectivity index (χ1) is 10.3. The lowest BCUT2D eigenvalue weighted by molar-refractivity contribution is -0.143. The van der Waals surface area contributed by atoms with Crippen molar-refractivity contribution in [3.05, 3.63) is 24.3 Å². The molecule has 1 saturated heterocycles. The average Bonchev–Trinajstić information content (AvgIpc) is 2.54. The smallest absolute Gasteiger partial charge is 0.260 e. The topological polar surface area (TPSA) is 68.2 Å². The molecule has 1 aromatic carbocycles. The molecule has 1 unspecified atom stereocenters. The van der Waals surface area contributed by atoms with Gasteiger partial charge in [0.1, 0.15) is 0 Å². The molecule has 1 atom stereocenters. The zero-order valence-corrected chi connectivity index (χ0v) is 12.2. The van der Waals surface area contributed by atoms with E-state index < -0.39 is 0 Å². The monoisotopic (exact) mass is 295 g/mol. The van der Waals surface area contributed by atoms with Crippen LogP contribution in [-0.2, 0) is 9.53 Å². The third-order valence-electron chi connectivity index (χ3n) is 3.26. The van der Waals surface area contributed by atoms with Crippen molar-refractivity contribution in [1.82, 2.24) is 4.90 Å². The van der Waals surface area contributed by atoms with Crippen LogP contribution >= 0.6 is 0 Å². The van der Waals surface area contributed by atoms with Gasteiger partial charge in [0.2, 0.25) is 0 Å². The van der Waals surface area contributed by atoms with E-state index in [1.54, 1.807) is 17.0 Å². The predicted octanol–water partition coefficient (Wildman–Crippen LogP) is 0.684. The van der Waals surface area contributed by atoms with E-state index in [2.05, 4.69) is 0 Å². The largest absolute Gasteiger partial charge is 0.490 e. The summed E-state index contributed by atoms with van der Waals surface area (Å²) >= 11 is 0. The maximum Gasteiger partial charge on any atom is 0.260 e. The van der Waals surface area contributed by atoms with E-state index in [-0.39, 0.29) is 25.2 Å². The third kappa shape index (κ3) is 4.09. The Labute approximate surface area is 124 Å². The molecule has 116 valence electrons. The van der Waals surface area contributed by atoms with Crippen LogP contribution in [0.25, 0.3) is 0 Å². The number of amides is 1.